The van der Waals surface area contributed by atoms with E-state index in [1.807, 2.05) is 54.6 Å². The van der Waals surface area contributed by atoms with Gasteiger partial charge in [-0.3, -0.25) is 0 Å². The molecule has 10 rings (SSSR count). The van der Waals surface area contributed by atoms with Crippen molar-refractivity contribution >= 4 is 43.5 Å². The molecule has 7 aromatic carbocycles. The van der Waals surface area contributed by atoms with Gasteiger partial charge in [-0.1, -0.05) is 115 Å². The van der Waals surface area contributed by atoms with Crippen molar-refractivity contribution in [2.75, 3.05) is 0 Å². The minimum absolute atomic E-state index is 0.588. The number of hydrogen-bond acceptors (Lipinski definition) is 6. The van der Waals surface area contributed by atoms with Crippen LogP contribution in [0.3, 0.4) is 0 Å². The van der Waals surface area contributed by atoms with E-state index in [-0.39, 0.29) is 0 Å². The Hall–Kier alpha value is -6.76. The Morgan fingerprint density at radius 1 is 0.346 bits per heavy atom. The molecule has 0 N–H and O–H groups in total. The van der Waals surface area contributed by atoms with Crippen molar-refractivity contribution in [3.05, 3.63) is 170 Å². The van der Waals surface area contributed by atoms with Crippen molar-refractivity contribution in [2.45, 2.75) is 0 Å². The Balaban J connectivity index is 1.11. The van der Waals surface area contributed by atoms with Crippen molar-refractivity contribution in [3.8, 4) is 67.0 Å². The average molecular weight is 685 g/mol. The van der Waals surface area contributed by atoms with Gasteiger partial charge in [-0.25, -0.2) is 19.9 Å². The van der Waals surface area contributed by atoms with Gasteiger partial charge in [0, 0.05) is 33.0 Å². The maximum Gasteiger partial charge on any atom is 0.164 e. The Labute approximate surface area is 303 Å². The van der Waals surface area contributed by atoms with E-state index in [2.05, 4.69) is 115 Å². The van der Waals surface area contributed by atoms with Crippen molar-refractivity contribution < 1.29 is 4.42 Å². The molecule has 3 heterocycles. The summed E-state index contributed by atoms with van der Waals surface area (Å²) in [7, 11) is 0. The zero-order valence-electron chi connectivity index (χ0n) is 27.8. The number of para-hydroxylation sites is 1. The summed E-state index contributed by atoms with van der Waals surface area (Å²) >= 11 is 1.68. The first-order valence-electron chi connectivity index (χ1n) is 17.1. The predicted octanol–water partition coefficient (Wildman–Crippen LogP) is 12.4. The first-order chi connectivity index (χ1) is 25.7. The van der Waals surface area contributed by atoms with Crippen LogP contribution in [0.25, 0.3) is 99.1 Å². The second-order valence-corrected chi connectivity index (χ2v) is 13.7. The molecule has 3 aromatic heterocycles. The van der Waals surface area contributed by atoms with E-state index in [1.54, 1.807) is 11.3 Å². The van der Waals surface area contributed by atoms with E-state index < -0.39 is 0 Å². The zero-order chi connectivity index (χ0) is 34.4. The molecule has 0 aliphatic carbocycles. The molecule has 0 bridgehead atoms. The minimum Gasteiger partial charge on any atom is -0.456 e. The first-order valence-corrected chi connectivity index (χ1v) is 17.9. The molecule has 0 radical (unpaired) electrons. The molecule has 5 nitrogen and oxygen atoms in total. The molecular weight excluding hydrogens is 657 g/mol. The highest BCUT2D eigenvalue weighted by atomic mass is 32.1. The Bertz CT molecular complexity index is 2910. The molecule has 6 heteroatoms. The largest absolute Gasteiger partial charge is 0.456 e. The molecule has 0 aliphatic heterocycles. The second kappa shape index (κ2) is 12.5. The normalized spacial score (nSPS) is 11.5. The van der Waals surface area contributed by atoms with Gasteiger partial charge in [0.15, 0.2) is 17.5 Å². The summed E-state index contributed by atoms with van der Waals surface area (Å²) in [4.78, 5) is 20.3. The SMILES string of the molecule is c1ccc(-c2cccc(-c3cccc(-c4nc(-c5ccc6sc(-c7ccccc7)nc6c5)nc(-c5ccc6oc7ccccc7c6c5)n4)c3)c2)cc1. The quantitative estimate of drug-likeness (QED) is 0.174. The van der Waals surface area contributed by atoms with Gasteiger partial charge in [0.1, 0.15) is 16.2 Å². The summed E-state index contributed by atoms with van der Waals surface area (Å²) < 4.78 is 7.25. The number of nitrogens with zero attached hydrogens (tertiary/aromatic N) is 4. The number of benzene rings is 7. The molecule has 0 saturated heterocycles. The fourth-order valence-corrected chi connectivity index (χ4v) is 7.70. The fraction of sp³-hybridized carbons (Fsp3) is 0. The third-order valence-electron chi connectivity index (χ3n) is 9.36. The number of fused-ring (bicyclic) bond motifs is 4. The molecule has 0 atom stereocenters. The molecule has 10 aromatic rings. The summed E-state index contributed by atoms with van der Waals surface area (Å²) in [6.07, 6.45) is 0. The van der Waals surface area contributed by atoms with E-state index in [4.69, 9.17) is 24.4 Å². The lowest BCUT2D eigenvalue weighted by molar-refractivity contribution is 0.669. The van der Waals surface area contributed by atoms with Crippen molar-refractivity contribution in [1.29, 1.82) is 0 Å². The lowest BCUT2D eigenvalue weighted by Gasteiger charge is -2.10. The van der Waals surface area contributed by atoms with Crippen LogP contribution in [0.2, 0.25) is 0 Å². The minimum atomic E-state index is 0.588. The zero-order valence-corrected chi connectivity index (χ0v) is 28.6. The average Bonchev–Trinajstić information content (AvgIpc) is 3.83. The maximum atomic E-state index is 6.14. The molecule has 0 aliphatic rings. The topological polar surface area (TPSA) is 64.7 Å². The Kier molecular flexibility index (Phi) is 7.25. The Morgan fingerprint density at radius 2 is 0.865 bits per heavy atom. The van der Waals surface area contributed by atoms with Crippen molar-refractivity contribution in [1.82, 2.24) is 19.9 Å². The van der Waals surface area contributed by atoms with Gasteiger partial charge in [0.2, 0.25) is 0 Å². The van der Waals surface area contributed by atoms with Crippen LogP contribution in [0.15, 0.2) is 174 Å². The lowest BCUT2D eigenvalue weighted by atomic mass is 9.98. The third kappa shape index (κ3) is 5.52. The summed E-state index contributed by atoms with van der Waals surface area (Å²) in [5, 5.41) is 3.07. The van der Waals surface area contributed by atoms with Crippen LogP contribution in [0.4, 0.5) is 0 Å². The maximum absolute atomic E-state index is 6.14. The molecule has 0 saturated carbocycles. The van der Waals surface area contributed by atoms with Gasteiger partial charge < -0.3 is 4.42 Å². The number of rotatable bonds is 6. The van der Waals surface area contributed by atoms with Crippen LogP contribution in [0, 0.1) is 0 Å². The standard InChI is InChI=1S/C46H28N4OS/c1-3-11-29(12-4-1)31-15-9-16-32(25-31)33-17-10-18-34(26-33)43-48-44(35-21-23-41-38(27-35)37-19-7-8-20-40(37)51-41)50-45(49-43)36-22-24-42-39(28-36)47-46(52-42)30-13-5-2-6-14-30/h1-28H. The smallest absolute Gasteiger partial charge is 0.164 e. The van der Waals surface area contributed by atoms with Crippen LogP contribution < -0.4 is 0 Å². The van der Waals surface area contributed by atoms with Gasteiger partial charge >= 0.3 is 0 Å². The third-order valence-corrected chi connectivity index (χ3v) is 10.4. The molecule has 52 heavy (non-hydrogen) atoms. The van der Waals surface area contributed by atoms with Crippen LogP contribution in [-0.4, -0.2) is 19.9 Å². The van der Waals surface area contributed by atoms with Crippen molar-refractivity contribution in [2.24, 2.45) is 0 Å². The number of thiazole rings is 1. The molecular formula is C46H28N4OS. The monoisotopic (exact) mass is 684 g/mol. The fourth-order valence-electron chi connectivity index (χ4n) is 6.75. The van der Waals surface area contributed by atoms with Gasteiger partial charge in [0.05, 0.1) is 10.2 Å². The molecule has 0 fully saturated rings. The summed E-state index contributed by atoms with van der Waals surface area (Å²) in [5.41, 5.74) is 10.9. The van der Waals surface area contributed by atoms with E-state index in [1.165, 1.54) is 11.1 Å². The van der Waals surface area contributed by atoms with Gasteiger partial charge in [0.25, 0.3) is 0 Å². The highest BCUT2D eigenvalue weighted by Gasteiger charge is 2.17. The summed E-state index contributed by atoms with van der Waals surface area (Å²) in [6.45, 7) is 0. The number of furan rings is 1. The number of aromatic nitrogens is 4. The molecule has 244 valence electrons. The second-order valence-electron chi connectivity index (χ2n) is 12.7. The van der Waals surface area contributed by atoms with Gasteiger partial charge in [-0.05, 0) is 76.9 Å². The highest BCUT2D eigenvalue weighted by molar-refractivity contribution is 7.21. The van der Waals surface area contributed by atoms with Gasteiger partial charge in [-0.15, -0.1) is 11.3 Å². The van der Waals surface area contributed by atoms with Crippen molar-refractivity contribution in [3.63, 3.8) is 0 Å². The predicted molar refractivity (Wildman–Crippen MR) is 213 cm³/mol. The van der Waals surface area contributed by atoms with E-state index in [9.17, 15) is 0 Å². The molecule has 0 unspecified atom stereocenters. The molecule has 0 spiro atoms. The van der Waals surface area contributed by atoms with Crippen LogP contribution in [-0.2, 0) is 0 Å². The lowest BCUT2D eigenvalue weighted by Crippen LogP contribution is -2.00. The number of hydrogen-bond donors (Lipinski definition) is 0. The van der Waals surface area contributed by atoms with Crippen LogP contribution in [0.5, 0.6) is 0 Å². The first kappa shape index (κ1) is 30.1. The highest BCUT2D eigenvalue weighted by Crippen LogP contribution is 2.36. The summed E-state index contributed by atoms with van der Waals surface area (Å²) in [5.74, 6) is 1.78. The van der Waals surface area contributed by atoms with E-state index in [0.29, 0.717) is 17.5 Å². The van der Waals surface area contributed by atoms with E-state index >= 15 is 0 Å². The van der Waals surface area contributed by atoms with Gasteiger partial charge in [-0.2, -0.15) is 0 Å². The summed E-state index contributed by atoms with van der Waals surface area (Å²) in [6, 6.07) is 58.3. The Morgan fingerprint density at radius 3 is 1.60 bits per heavy atom. The van der Waals surface area contributed by atoms with E-state index in [0.717, 1.165) is 70.5 Å². The molecule has 0 amide bonds. The van der Waals surface area contributed by atoms with Crippen LogP contribution >= 0.6 is 11.3 Å². The van der Waals surface area contributed by atoms with Crippen LogP contribution in [0.1, 0.15) is 0 Å².